The number of rotatable bonds is 1. The van der Waals surface area contributed by atoms with E-state index in [1.165, 1.54) is 6.20 Å². The van der Waals surface area contributed by atoms with Gasteiger partial charge in [0, 0.05) is 11.7 Å². The highest BCUT2D eigenvalue weighted by atomic mass is 16.5. The Balaban J connectivity index is 2.62. The molecule has 0 aliphatic heterocycles. The molecule has 1 N–H and O–H groups in total. The predicted molar refractivity (Wildman–Crippen MR) is 37.3 cm³/mol. The number of nitrogens with zero attached hydrogens (tertiary/aromatic N) is 2. The van der Waals surface area contributed by atoms with E-state index in [1.54, 1.807) is 0 Å². The van der Waals surface area contributed by atoms with Crippen molar-refractivity contribution in [1.82, 2.24) is 0 Å². The van der Waals surface area contributed by atoms with Gasteiger partial charge >= 0.3 is 0 Å². The molecule has 1 aliphatic rings. The van der Waals surface area contributed by atoms with Gasteiger partial charge in [-0.05, 0) is 5.57 Å². The van der Waals surface area contributed by atoms with E-state index in [0.717, 1.165) is 5.57 Å². The molecule has 1 aliphatic carbocycles. The Morgan fingerprint density at radius 2 is 2.00 bits per heavy atom. The van der Waals surface area contributed by atoms with Gasteiger partial charge < -0.3 is 5.21 Å². The number of allylic oxidation sites excluding steroid dienone is 5. The van der Waals surface area contributed by atoms with Gasteiger partial charge in [-0.1, -0.05) is 24.3 Å². The van der Waals surface area contributed by atoms with E-state index in [9.17, 15) is 0 Å². The lowest BCUT2D eigenvalue weighted by molar-refractivity contribution is 0.288. The summed E-state index contributed by atoms with van der Waals surface area (Å²) in [6.07, 6.45) is 10.9. The molecule has 51 valence electrons. The van der Waals surface area contributed by atoms with Gasteiger partial charge in [-0.15, -0.1) is 5.11 Å². The Morgan fingerprint density at radius 3 is 2.60 bits per heavy atom. The zero-order valence-electron chi connectivity index (χ0n) is 5.31. The summed E-state index contributed by atoms with van der Waals surface area (Å²) < 4.78 is 0. The molecular weight excluding hydrogens is 128 g/mol. The Morgan fingerprint density at radius 1 is 1.30 bits per heavy atom. The van der Waals surface area contributed by atoms with E-state index in [2.05, 4.69) is 10.4 Å². The molecule has 0 aromatic rings. The molecule has 3 nitrogen and oxygen atoms in total. The highest BCUT2D eigenvalue weighted by Gasteiger charge is 1.88. The van der Waals surface area contributed by atoms with E-state index in [0.29, 0.717) is 0 Å². The molecule has 0 spiro atoms. The molecule has 0 saturated carbocycles. The van der Waals surface area contributed by atoms with Gasteiger partial charge in [-0.2, -0.15) is 0 Å². The molecule has 0 bridgehead atoms. The third kappa shape index (κ3) is 1.85. The smallest absolute Gasteiger partial charge is 0.0600 e. The highest BCUT2D eigenvalue weighted by molar-refractivity contribution is 5.37. The van der Waals surface area contributed by atoms with Gasteiger partial charge in [-0.3, -0.25) is 0 Å². The van der Waals surface area contributed by atoms with Crippen LogP contribution in [-0.2, 0) is 0 Å². The molecule has 0 unspecified atom stereocenters. The Labute approximate surface area is 59.0 Å². The second-order valence-corrected chi connectivity index (χ2v) is 1.74. The molecule has 3 heteroatoms. The van der Waals surface area contributed by atoms with Crippen molar-refractivity contribution in [3.63, 3.8) is 0 Å². The van der Waals surface area contributed by atoms with Crippen molar-refractivity contribution in [3.05, 3.63) is 42.5 Å². The molecule has 0 atom stereocenters. The van der Waals surface area contributed by atoms with Gasteiger partial charge in [0.2, 0.25) is 0 Å². The minimum Gasteiger partial charge on any atom is -0.394 e. The van der Waals surface area contributed by atoms with Crippen molar-refractivity contribution in [2.24, 2.45) is 10.4 Å². The van der Waals surface area contributed by atoms with Crippen LogP contribution < -0.4 is 0 Å². The molecule has 10 heavy (non-hydrogen) atoms. The average molecular weight is 135 g/mol. The first kappa shape index (κ1) is 6.74. The van der Waals surface area contributed by atoms with Crippen LogP contribution in [-0.4, -0.2) is 5.21 Å². The summed E-state index contributed by atoms with van der Waals surface area (Å²) in [7, 11) is 0. The summed E-state index contributed by atoms with van der Waals surface area (Å²) in [6, 6.07) is 0. The molecule has 0 saturated heterocycles. The Hall–Kier alpha value is -1.38. The van der Waals surface area contributed by atoms with E-state index in [4.69, 9.17) is 5.21 Å². The van der Waals surface area contributed by atoms with Crippen molar-refractivity contribution in [1.29, 1.82) is 0 Å². The minimum atomic E-state index is 0.917. The first-order valence-electron chi connectivity index (χ1n) is 2.86. The maximum Gasteiger partial charge on any atom is 0.0600 e. The van der Waals surface area contributed by atoms with E-state index in [1.807, 2.05) is 30.7 Å². The van der Waals surface area contributed by atoms with Gasteiger partial charge in [-0.25, -0.2) is 0 Å². The van der Waals surface area contributed by atoms with Gasteiger partial charge in [0.25, 0.3) is 0 Å². The van der Waals surface area contributed by atoms with Crippen molar-refractivity contribution in [3.8, 4) is 0 Å². The van der Waals surface area contributed by atoms with Crippen LogP contribution in [0, 0.1) is 6.42 Å². The third-order valence-corrected chi connectivity index (χ3v) is 1.06. The highest BCUT2D eigenvalue weighted by Crippen LogP contribution is 2.06. The molecule has 1 rings (SSSR count). The fourth-order valence-corrected chi connectivity index (χ4v) is 0.632. The predicted octanol–water partition coefficient (Wildman–Crippen LogP) is 2.04. The second-order valence-electron chi connectivity index (χ2n) is 1.74. The van der Waals surface area contributed by atoms with Crippen LogP contribution in [0.15, 0.2) is 46.5 Å². The quantitative estimate of drug-likeness (QED) is 0.434. The van der Waals surface area contributed by atoms with Crippen molar-refractivity contribution in [2.75, 3.05) is 0 Å². The average Bonchev–Trinajstić information content (AvgIpc) is 2.03. The number of hydrogen-bond donors (Lipinski definition) is 1. The first-order chi connectivity index (χ1) is 4.93. The van der Waals surface area contributed by atoms with Crippen LogP contribution in [0.1, 0.15) is 0 Å². The van der Waals surface area contributed by atoms with Crippen molar-refractivity contribution >= 4 is 0 Å². The lowest BCUT2D eigenvalue weighted by atomic mass is 10.1. The van der Waals surface area contributed by atoms with Crippen LogP contribution >= 0.6 is 0 Å². The fraction of sp³-hybridized carbons (Fsp3) is 0. The maximum absolute atomic E-state index is 7.95. The first-order valence-corrected chi connectivity index (χ1v) is 2.86. The summed E-state index contributed by atoms with van der Waals surface area (Å²) >= 11 is 0. The summed E-state index contributed by atoms with van der Waals surface area (Å²) in [5.74, 6) is 0. The van der Waals surface area contributed by atoms with Crippen LogP contribution in [0.4, 0.5) is 0 Å². The van der Waals surface area contributed by atoms with Crippen molar-refractivity contribution < 1.29 is 5.21 Å². The second kappa shape index (κ2) is 3.61. The van der Waals surface area contributed by atoms with Crippen LogP contribution in [0.3, 0.4) is 0 Å². The fourth-order valence-electron chi connectivity index (χ4n) is 0.632. The minimum absolute atomic E-state index is 0.917. The third-order valence-electron chi connectivity index (χ3n) is 1.06. The summed E-state index contributed by atoms with van der Waals surface area (Å²) in [6.45, 7) is 0. The zero-order valence-corrected chi connectivity index (χ0v) is 5.31. The Kier molecular flexibility index (Phi) is 2.43. The van der Waals surface area contributed by atoms with E-state index in [-0.39, 0.29) is 0 Å². The zero-order chi connectivity index (χ0) is 7.23. The van der Waals surface area contributed by atoms with Gasteiger partial charge in [0.05, 0.1) is 6.20 Å². The van der Waals surface area contributed by atoms with E-state index >= 15 is 0 Å². The van der Waals surface area contributed by atoms with Crippen LogP contribution in [0.5, 0.6) is 0 Å². The van der Waals surface area contributed by atoms with Crippen LogP contribution in [0.25, 0.3) is 0 Å². The lowest BCUT2D eigenvalue weighted by Crippen LogP contribution is -1.76. The normalized spacial score (nSPS) is 16.6. The molecule has 0 aromatic carbocycles. The SMILES string of the molecule is O/N=N/C=C1C=C[CH]C=C1. The summed E-state index contributed by atoms with van der Waals surface area (Å²) in [5.41, 5.74) is 0.917. The summed E-state index contributed by atoms with van der Waals surface area (Å²) in [4.78, 5) is 0. The standard InChI is InChI=1S/C7H7N2O/c10-9-8-6-7-4-2-1-3-5-7/h1-6H,(H,8,10). The largest absolute Gasteiger partial charge is 0.394 e. The van der Waals surface area contributed by atoms with Gasteiger partial charge in [0.1, 0.15) is 0 Å². The molecular formula is C7H7N2O. The molecule has 0 heterocycles. The monoisotopic (exact) mass is 135 g/mol. The molecule has 0 amide bonds. The van der Waals surface area contributed by atoms with Crippen LogP contribution in [0.2, 0.25) is 0 Å². The van der Waals surface area contributed by atoms with Crippen molar-refractivity contribution in [2.45, 2.75) is 0 Å². The van der Waals surface area contributed by atoms with Gasteiger partial charge in [0.15, 0.2) is 0 Å². The molecule has 0 aromatic heterocycles. The molecule has 0 fully saturated rings. The lowest BCUT2D eigenvalue weighted by Gasteiger charge is -1.94. The maximum atomic E-state index is 7.95. The van der Waals surface area contributed by atoms with E-state index < -0.39 is 0 Å². The topological polar surface area (TPSA) is 45.0 Å². The summed E-state index contributed by atoms with van der Waals surface area (Å²) in [5, 5.41) is 13.9. The molecule has 1 radical (unpaired) electrons. The Bertz CT molecular complexity index is 200. The number of hydrogen-bond acceptors (Lipinski definition) is 2.